The zero-order valence-corrected chi connectivity index (χ0v) is 19.3. The molecule has 1 unspecified atom stereocenters. The molecular weight excluding hydrogens is 448 g/mol. The number of fused-ring (bicyclic) bond motifs is 1. The molecule has 1 heterocycles. The van der Waals surface area contributed by atoms with Crippen molar-refractivity contribution in [2.75, 3.05) is 18.1 Å². The van der Waals surface area contributed by atoms with Crippen molar-refractivity contribution in [3.63, 3.8) is 0 Å². The van der Waals surface area contributed by atoms with Crippen LogP contribution in [0.1, 0.15) is 42.6 Å². The lowest BCUT2D eigenvalue weighted by molar-refractivity contribution is -0.148. The third-order valence-electron chi connectivity index (χ3n) is 5.28. The van der Waals surface area contributed by atoms with Crippen LogP contribution in [0.4, 0.5) is 5.69 Å². The van der Waals surface area contributed by atoms with Crippen molar-refractivity contribution in [2.24, 2.45) is 5.14 Å². The second-order valence-corrected chi connectivity index (χ2v) is 9.41. The molecule has 0 fully saturated rings. The lowest BCUT2D eigenvalue weighted by Gasteiger charge is -2.22. The zero-order chi connectivity index (χ0) is 24.2. The van der Waals surface area contributed by atoms with Gasteiger partial charge in [0.15, 0.2) is 12.4 Å². The Hall–Kier alpha value is -3.24. The van der Waals surface area contributed by atoms with Crippen LogP contribution in [-0.4, -0.2) is 45.3 Å². The molecule has 10 heteroatoms. The van der Waals surface area contributed by atoms with Crippen molar-refractivity contribution < 1.29 is 32.3 Å². The predicted octanol–water partition coefficient (Wildman–Crippen LogP) is 2.22. The summed E-state index contributed by atoms with van der Waals surface area (Å²) >= 11 is 0. The van der Waals surface area contributed by atoms with Gasteiger partial charge in [0.25, 0.3) is 5.91 Å². The molecule has 0 bridgehead atoms. The number of benzene rings is 2. The molecule has 2 aromatic rings. The Bertz CT molecular complexity index is 1160. The Morgan fingerprint density at radius 1 is 1.12 bits per heavy atom. The van der Waals surface area contributed by atoms with Crippen LogP contribution in [0.5, 0.6) is 5.75 Å². The van der Waals surface area contributed by atoms with E-state index in [9.17, 15) is 22.8 Å². The number of ketones is 1. The minimum atomic E-state index is -3.83. The fourth-order valence-corrected chi connectivity index (χ4v) is 4.21. The van der Waals surface area contributed by atoms with E-state index in [0.717, 1.165) is 0 Å². The summed E-state index contributed by atoms with van der Waals surface area (Å²) in [4.78, 5) is 37.4. The van der Waals surface area contributed by atoms with Crippen LogP contribution in [0.15, 0.2) is 47.4 Å². The lowest BCUT2D eigenvalue weighted by Crippen LogP contribution is -2.38. The average molecular weight is 475 g/mol. The van der Waals surface area contributed by atoms with Crippen molar-refractivity contribution in [3.8, 4) is 5.75 Å². The number of nitrogens with zero attached hydrogens (tertiary/aromatic N) is 1. The van der Waals surface area contributed by atoms with Gasteiger partial charge in [0, 0.05) is 23.7 Å². The standard InChI is InChI=1S/C23H26N2O7S/c1-15-12-18-13-20(33(24,29)30)9-10-21(18)25(15)22(27)14-32-23(28)4-3-11-31-19-7-5-17(6-8-19)16(2)26/h5-10,13,15H,3-4,11-12,14H2,1-2H3,(H2,24,29,30). The van der Waals surface area contributed by atoms with Crippen LogP contribution >= 0.6 is 0 Å². The molecule has 0 spiro atoms. The van der Waals surface area contributed by atoms with Crippen molar-refractivity contribution in [1.82, 2.24) is 0 Å². The van der Waals surface area contributed by atoms with Gasteiger partial charge < -0.3 is 14.4 Å². The maximum Gasteiger partial charge on any atom is 0.306 e. The Labute approximate surface area is 192 Å². The van der Waals surface area contributed by atoms with Crippen LogP contribution in [0.2, 0.25) is 0 Å². The molecule has 1 aliphatic rings. The number of carbonyl (C=O) groups is 3. The van der Waals surface area contributed by atoms with Gasteiger partial charge in [-0.1, -0.05) is 0 Å². The fraction of sp³-hybridized carbons (Fsp3) is 0.348. The van der Waals surface area contributed by atoms with Gasteiger partial charge in [-0.25, -0.2) is 13.6 Å². The zero-order valence-electron chi connectivity index (χ0n) is 18.4. The molecule has 33 heavy (non-hydrogen) atoms. The molecular formula is C23H26N2O7S. The van der Waals surface area contributed by atoms with Crippen LogP contribution in [-0.2, 0) is 30.8 Å². The highest BCUT2D eigenvalue weighted by Crippen LogP contribution is 2.33. The first-order chi connectivity index (χ1) is 15.6. The van der Waals surface area contributed by atoms with Crippen LogP contribution in [0.25, 0.3) is 0 Å². The van der Waals surface area contributed by atoms with Gasteiger partial charge in [0.1, 0.15) is 5.75 Å². The maximum absolute atomic E-state index is 12.7. The number of carbonyl (C=O) groups excluding carboxylic acids is 3. The summed E-state index contributed by atoms with van der Waals surface area (Å²) in [5.41, 5.74) is 1.87. The molecule has 176 valence electrons. The minimum absolute atomic E-state index is 0.00816. The molecule has 0 aliphatic carbocycles. The van der Waals surface area contributed by atoms with E-state index in [0.29, 0.717) is 35.4 Å². The van der Waals surface area contributed by atoms with E-state index in [1.165, 1.54) is 24.0 Å². The average Bonchev–Trinajstić information content (AvgIpc) is 3.09. The normalized spacial score (nSPS) is 15.1. The third kappa shape index (κ3) is 6.17. The molecule has 1 atom stereocenters. The molecule has 0 aromatic heterocycles. The van der Waals surface area contributed by atoms with Crippen LogP contribution in [0.3, 0.4) is 0 Å². The SMILES string of the molecule is CC(=O)c1ccc(OCCCC(=O)OCC(=O)N2c3ccc(S(N)(=O)=O)cc3CC2C)cc1. The largest absolute Gasteiger partial charge is 0.494 e. The number of nitrogens with two attached hydrogens (primary N) is 1. The first-order valence-electron chi connectivity index (χ1n) is 10.4. The van der Waals surface area contributed by atoms with Crippen molar-refractivity contribution >= 4 is 33.4 Å². The van der Waals surface area contributed by atoms with Gasteiger partial charge in [-0.15, -0.1) is 0 Å². The molecule has 9 nitrogen and oxygen atoms in total. The van der Waals surface area contributed by atoms with E-state index in [-0.39, 0.29) is 35.7 Å². The van der Waals surface area contributed by atoms with E-state index in [1.54, 1.807) is 30.3 Å². The fourth-order valence-electron chi connectivity index (χ4n) is 3.64. The highest BCUT2D eigenvalue weighted by atomic mass is 32.2. The highest BCUT2D eigenvalue weighted by molar-refractivity contribution is 7.89. The molecule has 1 amide bonds. The van der Waals surface area contributed by atoms with Gasteiger partial charge in [-0.3, -0.25) is 14.4 Å². The van der Waals surface area contributed by atoms with Crippen LogP contribution in [0, 0.1) is 0 Å². The Balaban J connectivity index is 1.45. The lowest BCUT2D eigenvalue weighted by atomic mass is 10.1. The number of anilines is 1. The number of amides is 1. The molecule has 0 saturated carbocycles. The molecule has 0 saturated heterocycles. The highest BCUT2D eigenvalue weighted by Gasteiger charge is 2.32. The molecule has 2 aromatic carbocycles. The van der Waals surface area contributed by atoms with Gasteiger partial charge in [0.05, 0.1) is 11.5 Å². The van der Waals surface area contributed by atoms with E-state index >= 15 is 0 Å². The Kier molecular flexibility index (Phi) is 7.50. The van der Waals surface area contributed by atoms with Gasteiger partial charge in [-0.05, 0) is 74.7 Å². The van der Waals surface area contributed by atoms with E-state index in [4.69, 9.17) is 14.6 Å². The Morgan fingerprint density at radius 2 is 1.82 bits per heavy atom. The topological polar surface area (TPSA) is 133 Å². The number of hydrogen-bond acceptors (Lipinski definition) is 7. The summed E-state index contributed by atoms with van der Waals surface area (Å²) in [6.07, 6.45) is 0.965. The third-order valence-corrected chi connectivity index (χ3v) is 6.19. The predicted molar refractivity (Wildman–Crippen MR) is 121 cm³/mol. The monoisotopic (exact) mass is 474 g/mol. The summed E-state index contributed by atoms with van der Waals surface area (Å²) in [5, 5.41) is 5.17. The number of primary sulfonamides is 1. The van der Waals surface area contributed by atoms with Crippen molar-refractivity contribution in [3.05, 3.63) is 53.6 Å². The quantitative estimate of drug-likeness (QED) is 0.335. The minimum Gasteiger partial charge on any atom is -0.494 e. The number of ether oxygens (including phenoxy) is 2. The summed E-state index contributed by atoms with van der Waals surface area (Å²) in [5.74, 6) is -0.343. The Morgan fingerprint density at radius 3 is 2.45 bits per heavy atom. The first-order valence-corrected chi connectivity index (χ1v) is 12.0. The molecule has 0 radical (unpaired) electrons. The van der Waals surface area contributed by atoms with Gasteiger partial charge in [-0.2, -0.15) is 0 Å². The number of hydrogen-bond donors (Lipinski definition) is 1. The number of Topliss-reactive ketones (excluding diaryl/α,β-unsaturated/α-hetero) is 1. The molecule has 3 rings (SSSR count). The van der Waals surface area contributed by atoms with Crippen molar-refractivity contribution in [2.45, 2.75) is 44.0 Å². The smallest absolute Gasteiger partial charge is 0.306 e. The van der Waals surface area contributed by atoms with Gasteiger partial charge in [0.2, 0.25) is 10.0 Å². The summed E-state index contributed by atoms with van der Waals surface area (Å²) < 4.78 is 33.8. The second-order valence-electron chi connectivity index (χ2n) is 7.85. The van der Waals surface area contributed by atoms with Crippen molar-refractivity contribution in [1.29, 1.82) is 0 Å². The molecule has 1 aliphatic heterocycles. The molecule has 2 N–H and O–H groups in total. The van der Waals surface area contributed by atoms with Gasteiger partial charge >= 0.3 is 5.97 Å². The van der Waals surface area contributed by atoms with E-state index < -0.39 is 22.6 Å². The summed E-state index contributed by atoms with van der Waals surface area (Å²) in [6.45, 7) is 3.19. The number of esters is 1. The number of sulfonamides is 1. The summed E-state index contributed by atoms with van der Waals surface area (Å²) in [7, 11) is -3.83. The first kappa shape index (κ1) is 24.4. The van der Waals surface area contributed by atoms with Crippen LogP contribution < -0.4 is 14.8 Å². The summed E-state index contributed by atoms with van der Waals surface area (Å²) in [6, 6.07) is 10.9. The van der Waals surface area contributed by atoms with E-state index in [1.807, 2.05) is 6.92 Å². The second kappa shape index (κ2) is 10.1. The van der Waals surface area contributed by atoms with E-state index in [2.05, 4.69) is 0 Å². The number of rotatable bonds is 9. The maximum atomic E-state index is 12.7.